The Balaban J connectivity index is 1.09. The Morgan fingerprint density at radius 3 is 2.24 bits per heavy atom. The van der Waals surface area contributed by atoms with Gasteiger partial charge in [-0.3, -0.25) is 0 Å². The van der Waals surface area contributed by atoms with Crippen LogP contribution in [0.5, 0.6) is 11.5 Å². The average molecular weight is 530 g/mol. The number of phenols is 1. The number of unbranched alkanes of at least 4 members (excludes halogenated alkanes) is 6. The van der Waals surface area contributed by atoms with Gasteiger partial charge in [0, 0.05) is 28.4 Å². The Labute approximate surface area is 233 Å². The van der Waals surface area contributed by atoms with E-state index in [0.29, 0.717) is 6.61 Å². The summed E-state index contributed by atoms with van der Waals surface area (Å²) in [5.41, 5.74) is 3.75. The summed E-state index contributed by atoms with van der Waals surface area (Å²) in [6.07, 6.45) is 12.4. The molecule has 0 unspecified atom stereocenters. The van der Waals surface area contributed by atoms with Crippen molar-refractivity contribution in [3.8, 4) is 11.5 Å². The molecule has 0 amide bonds. The van der Waals surface area contributed by atoms with E-state index >= 15 is 0 Å². The number of hydrogen-bond donors (Lipinski definition) is 1. The zero-order valence-electron chi connectivity index (χ0n) is 22.7. The van der Waals surface area contributed by atoms with E-state index in [1.54, 1.807) is 12.1 Å². The van der Waals surface area contributed by atoms with Crippen molar-refractivity contribution in [2.24, 2.45) is 0 Å². The summed E-state index contributed by atoms with van der Waals surface area (Å²) in [5, 5.41) is 10.0. The minimum absolute atomic E-state index is 0.205. The number of ether oxygens (including phenoxy) is 1. The molecule has 2 aliphatic rings. The normalized spacial score (nSPS) is 19.3. The van der Waals surface area contributed by atoms with Crippen LogP contribution in [-0.4, -0.2) is 42.0 Å². The summed E-state index contributed by atoms with van der Waals surface area (Å²) in [7, 11) is 0. The summed E-state index contributed by atoms with van der Waals surface area (Å²) in [6, 6.07) is 25.4. The number of hydrogen-bond acceptors (Lipinski definition) is 4. The maximum absolute atomic E-state index is 10.0. The quantitative estimate of drug-likeness (QED) is 0.177. The van der Waals surface area contributed by atoms with Crippen LogP contribution in [0.15, 0.2) is 77.7 Å². The van der Waals surface area contributed by atoms with E-state index in [1.807, 2.05) is 17.8 Å². The molecule has 0 saturated carbocycles. The standard InChI is InChI=1S/C34H43NO2S/c36-29-17-20-31-33(25-29)37-26-32(27-13-7-6-8-14-27)34(31)28-15-18-30(19-16-28)38-24-12-5-3-1-2-4-9-21-35-22-10-11-23-35/h6-8,13-20,25,32,34,36H,1-5,9-12,21-24,26H2/t32-,34-/m1/s1. The van der Waals surface area contributed by atoms with Gasteiger partial charge in [-0.15, -0.1) is 11.8 Å². The van der Waals surface area contributed by atoms with Gasteiger partial charge in [0.2, 0.25) is 0 Å². The molecule has 1 N–H and O–H groups in total. The minimum atomic E-state index is 0.205. The van der Waals surface area contributed by atoms with Crippen molar-refractivity contribution in [1.82, 2.24) is 4.90 Å². The molecule has 1 saturated heterocycles. The van der Waals surface area contributed by atoms with Gasteiger partial charge in [-0.25, -0.2) is 0 Å². The molecule has 38 heavy (non-hydrogen) atoms. The third-order valence-corrected chi connectivity index (χ3v) is 9.30. The monoisotopic (exact) mass is 529 g/mol. The Kier molecular flexibility index (Phi) is 10.1. The third-order valence-electron chi connectivity index (χ3n) is 8.21. The maximum atomic E-state index is 10.0. The van der Waals surface area contributed by atoms with Crippen LogP contribution in [0.2, 0.25) is 0 Å². The summed E-state index contributed by atoms with van der Waals surface area (Å²) < 4.78 is 6.11. The average Bonchev–Trinajstić information content (AvgIpc) is 3.48. The lowest BCUT2D eigenvalue weighted by atomic mass is 9.76. The molecule has 0 radical (unpaired) electrons. The van der Waals surface area contributed by atoms with Crippen LogP contribution >= 0.6 is 11.8 Å². The number of benzene rings is 3. The largest absolute Gasteiger partial charge is 0.508 e. The predicted octanol–water partition coefficient (Wildman–Crippen LogP) is 8.62. The number of nitrogens with zero attached hydrogens (tertiary/aromatic N) is 1. The molecule has 3 nitrogen and oxygen atoms in total. The number of rotatable bonds is 13. The second-order valence-corrected chi connectivity index (χ2v) is 12.1. The summed E-state index contributed by atoms with van der Waals surface area (Å²) in [6.45, 7) is 4.61. The Morgan fingerprint density at radius 2 is 1.47 bits per heavy atom. The van der Waals surface area contributed by atoms with Crippen molar-refractivity contribution in [2.45, 2.75) is 74.5 Å². The Hall–Kier alpha value is -2.43. The molecule has 2 atom stereocenters. The van der Waals surface area contributed by atoms with Crippen molar-refractivity contribution in [3.05, 3.63) is 89.5 Å². The van der Waals surface area contributed by atoms with Crippen LogP contribution in [0.3, 0.4) is 0 Å². The van der Waals surface area contributed by atoms with Crippen molar-refractivity contribution >= 4 is 11.8 Å². The smallest absolute Gasteiger partial charge is 0.126 e. The highest BCUT2D eigenvalue weighted by Gasteiger charge is 2.33. The third kappa shape index (κ3) is 7.36. The molecule has 0 spiro atoms. The van der Waals surface area contributed by atoms with Crippen molar-refractivity contribution in [2.75, 3.05) is 32.0 Å². The predicted molar refractivity (Wildman–Crippen MR) is 160 cm³/mol. The van der Waals surface area contributed by atoms with E-state index < -0.39 is 0 Å². The van der Waals surface area contributed by atoms with Gasteiger partial charge in [0.25, 0.3) is 0 Å². The van der Waals surface area contributed by atoms with Crippen LogP contribution in [0.4, 0.5) is 0 Å². The fourth-order valence-corrected chi connectivity index (χ4v) is 7.00. The number of phenolic OH excluding ortho intramolecular Hbond substituents is 1. The van der Waals surface area contributed by atoms with Gasteiger partial charge in [0.15, 0.2) is 0 Å². The molecule has 3 aromatic carbocycles. The van der Waals surface area contributed by atoms with Gasteiger partial charge < -0.3 is 14.7 Å². The first-order valence-corrected chi connectivity index (χ1v) is 15.7. The van der Waals surface area contributed by atoms with Crippen molar-refractivity contribution in [3.63, 3.8) is 0 Å². The zero-order chi connectivity index (χ0) is 26.0. The highest BCUT2D eigenvalue weighted by molar-refractivity contribution is 7.99. The van der Waals surface area contributed by atoms with Crippen LogP contribution in [-0.2, 0) is 0 Å². The molecule has 4 heteroatoms. The molecule has 3 aromatic rings. The Bertz CT molecular complexity index is 1110. The molecule has 2 heterocycles. The van der Waals surface area contributed by atoms with Gasteiger partial charge in [-0.05, 0) is 80.4 Å². The van der Waals surface area contributed by atoms with Crippen LogP contribution in [0, 0.1) is 0 Å². The first kappa shape index (κ1) is 27.1. The topological polar surface area (TPSA) is 32.7 Å². The van der Waals surface area contributed by atoms with E-state index in [-0.39, 0.29) is 17.6 Å². The van der Waals surface area contributed by atoms with E-state index in [0.717, 1.165) is 11.3 Å². The number of thioether (sulfide) groups is 1. The summed E-state index contributed by atoms with van der Waals surface area (Å²) in [5.74, 6) is 2.70. The molecule has 0 bridgehead atoms. The lowest BCUT2D eigenvalue weighted by Crippen LogP contribution is -2.25. The molecule has 0 aliphatic carbocycles. The van der Waals surface area contributed by atoms with E-state index in [2.05, 4.69) is 59.5 Å². The molecule has 202 valence electrons. The molecule has 1 fully saturated rings. The first-order valence-electron chi connectivity index (χ1n) is 14.7. The van der Waals surface area contributed by atoms with Crippen molar-refractivity contribution in [1.29, 1.82) is 0 Å². The highest BCUT2D eigenvalue weighted by atomic mass is 32.2. The number of likely N-dealkylation sites (tertiary alicyclic amines) is 1. The first-order chi connectivity index (χ1) is 18.8. The lowest BCUT2D eigenvalue weighted by molar-refractivity contribution is 0.248. The van der Waals surface area contributed by atoms with Gasteiger partial charge in [0.05, 0.1) is 6.61 Å². The Morgan fingerprint density at radius 1 is 0.763 bits per heavy atom. The fourth-order valence-electron chi connectivity index (χ4n) is 6.09. The fraction of sp³-hybridized carbons (Fsp3) is 0.471. The van der Waals surface area contributed by atoms with Crippen LogP contribution < -0.4 is 4.74 Å². The second kappa shape index (κ2) is 14.1. The second-order valence-electron chi connectivity index (χ2n) is 11.0. The van der Waals surface area contributed by atoms with E-state index in [4.69, 9.17) is 4.74 Å². The van der Waals surface area contributed by atoms with Crippen molar-refractivity contribution < 1.29 is 9.84 Å². The summed E-state index contributed by atoms with van der Waals surface area (Å²) >= 11 is 1.98. The van der Waals surface area contributed by atoms with Crippen LogP contribution in [0.25, 0.3) is 0 Å². The SMILES string of the molecule is Oc1ccc2c(c1)OC[C@H](c1ccccc1)[C@@H]2c1ccc(SCCCCCCCCCN2CCCC2)cc1. The number of aromatic hydroxyl groups is 1. The van der Waals surface area contributed by atoms with Crippen LogP contribution in [0.1, 0.15) is 86.3 Å². The molecule has 2 aliphatic heterocycles. The number of fused-ring (bicyclic) bond motifs is 1. The lowest BCUT2D eigenvalue weighted by Gasteiger charge is -2.34. The zero-order valence-corrected chi connectivity index (χ0v) is 23.5. The minimum Gasteiger partial charge on any atom is -0.508 e. The molecule has 0 aromatic heterocycles. The van der Waals surface area contributed by atoms with Gasteiger partial charge >= 0.3 is 0 Å². The highest BCUT2D eigenvalue weighted by Crippen LogP contribution is 2.47. The van der Waals surface area contributed by atoms with E-state index in [9.17, 15) is 5.11 Å². The molecular formula is C34H43NO2S. The van der Waals surface area contributed by atoms with Gasteiger partial charge in [-0.1, -0.05) is 80.6 Å². The van der Waals surface area contributed by atoms with Gasteiger partial charge in [-0.2, -0.15) is 0 Å². The summed E-state index contributed by atoms with van der Waals surface area (Å²) in [4.78, 5) is 3.99. The van der Waals surface area contributed by atoms with E-state index in [1.165, 1.54) is 99.2 Å². The molecular weight excluding hydrogens is 486 g/mol. The van der Waals surface area contributed by atoms with Gasteiger partial charge in [0.1, 0.15) is 11.5 Å². The maximum Gasteiger partial charge on any atom is 0.126 e. The molecule has 5 rings (SSSR count).